The SMILES string of the molecule is CC(COP([O-])(O)=S)COP([O-])(O)=S.[NH4+].[NH4+]. The van der Waals surface area contributed by atoms with Gasteiger partial charge in [0, 0.05) is 5.92 Å². The van der Waals surface area contributed by atoms with Crippen LogP contribution in [0.3, 0.4) is 0 Å². The number of hydrogen-bond donors (Lipinski definition) is 4. The molecule has 102 valence electrons. The molecule has 16 heavy (non-hydrogen) atoms. The molecule has 12 heteroatoms. The van der Waals surface area contributed by atoms with Crippen LogP contribution in [0.5, 0.6) is 0 Å². The molecule has 0 saturated heterocycles. The van der Waals surface area contributed by atoms with E-state index in [2.05, 4.69) is 32.7 Å². The van der Waals surface area contributed by atoms with Crippen molar-refractivity contribution in [2.75, 3.05) is 13.2 Å². The maximum Gasteiger partial charge on any atom is 0.112 e. The monoisotopic (exact) mass is 316 g/mol. The Kier molecular flexibility index (Phi) is 12.5. The van der Waals surface area contributed by atoms with Gasteiger partial charge in [0.05, 0.1) is 13.2 Å². The number of rotatable bonds is 6. The summed E-state index contributed by atoms with van der Waals surface area (Å²) < 4.78 is 8.79. The van der Waals surface area contributed by atoms with Crippen molar-refractivity contribution in [3.05, 3.63) is 0 Å². The van der Waals surface area contributed by atoms with E-state index in [-0.39, 0.29) is 31.4 Å². The van der Waals surface area contributed by atoms with Crippen molar-refractivity contribution in [1.82, 2.24) is 12.3 Å². The van der Waals surface area contributed by atoms with Gasteiger partial charge < -0.3 is 40.9 Å². The fraction of sp³-hybridized carbons (Fsp3) is 1.00. The van der Waals surface area contributed by atoms with Crippen molar-refractivity contribution < 1.29 is 28.6 Å². The van der Waals surface area contributed by atoms with E-state index in [0.717, 1.165) is 0 Å². The molecular formula is C4H18N2O6P2S2. The fourth-order valence-corrected chi connectivity index (χ4v) is 1.74. The van der Waals surface area contributed by atoms with Gasteiger partial charge >= 0.3 is 0 Å². The molecule has 2 unspecified atom stereocenters. The van der Waals surface area contributed by atoms with Gasteiger partial charge in [0.15, 0.2) is 0 Å². The lowest BCUT2D eigenvalue weighted by Crippen LogP contribution is -2.15. The maximum absolute atomic E-state index is 10.5. The second-order valence-electron chi connectivity index (χ2n) is 2.63. The summed E-state index contributed by atoms with van der Waals surface area (Å²) >= 11 is 8.17. The van der Waals surface area contributed by atoms with Crippen LogP contribution in [0, 0.1) is 5.92 Å². The Morgan fingerprint density at radius 3 is 1.50 bits per heavy atom. The van der Waals surface area contributed by atoms with E-state index in [1.54, 1.807) is 6.92 Å². The Labute approximate surface area is 104 Å². The highest BCUT2D eigenvalue weighted by molar-refractivity contribution is 8.06. The summed E-state index contributed by atoms with van der Waals surface area (Å²) in [6.45, 7) is -6.50. The van der Waals surface area contributed by atoms with Crippen molar-refractivity contribution in [1.29, 1.82) is 0 Å². The molecule has 8 nitrogen and oxygen atoms in total. The highest BCUT2D eigenvalue weighted by Gasteiger charge is 2.07. The molecule has 0 aliphatic heterocycles. The Hall–Kier alpha value is 0.980. The summed E-state index contributed by atoms with van der Waals surface area (Å²) in [6, 6.07) is 0. The standard InChI is InChI=1S/C4H12O6P2S2.2H3N/c1-4(2-9-11(5,6)13)3-10-12(7,8)14;;/h4H,2-3H2,1H3,(H2,5,6,13)(H2,7,8,14);2*1H3. The molecule has 0 aromatic carbocycles. The third kappa shape index (κ3) is 17.4. The van der Waals surface area contributed by atoms with E-state index in [0.29, 0.717) is 0 Å². The molecule has 0 spiro atoms. The zero-order valence-corrected chi connectivity index (χ0v) is 12.7. The van der Waals surface area contributed by atoms with Crippen molar-refractivity contribution in [2.24, 2.45) is 5.92 Å². The zero-order valence-electron chi connectivity index (χ0n) is 9.23. The molecule has 0 aliphatic carbocycles. The summed E-state index contributed by atoms with van der Waals surface area (Å²) in [6.07, 6.45) is 0. The zero-order chi connectivity index (χ0) is 11.4. The van der Waals surface area contributed by atoms with Crippen LogP contribution in [0.1, 0.15) is 6.92 Å². The Balaban J connectivity index is -0.000000845. The van der Waals surface area contributed by atoms with Crippen LogP contribution in [0.4, 0.5) is 0 Å². The van der Waals surface area contributed by atoms with Gasteiger partial charge in [0.1, 0.15) is 13.4 Å². The van der Waals surface area contributed by atoms with E-state index >= 15 is 0 Å². The van der Waals surface area contributed by atoms with Crippen LogP contribution in [0.25, 0.3) is 0 Å². The predicted molar refractivity (Wildman–Crippen MR) is 66.0 cm³/mol. The molecule has 10 N–H and O–H groups in total. The van der Waals surface area contributed by atoms with E-state index in [1.807, 2.05) is 0 Å². The lowest BCUT2D eigenvalue weighted by Gasteiger charge is -2.25. The molecule has 0 radical (unpaired) electrons. The third-order valence-electron chi connectivity index (χ3n) is 1.04. The minimum absolute atomic E-state index is 0. The maximum atomic E-state index is 10.5. The Morgan fingerprint density at radius 1 is 1.06 bits per heavy atom. The van der Waals surface area contributed by atoms with Crippen molar-refractivity contribution in [3.8, 4) is 0 Å². The van der Waals surface area contributed by atoms with Crippen LogP contribution in [0.15, 0.2) is 0 Å². The molecule has 0 heterocycles. The van der Waals surface area contributed by atoms with Gasteiger partial charge in [0.2, 0.25) is 0 Å². The number of hydrogen-bond acceptors (Lipinski definition) is 6. The molecule has 0 aliphatic rings. The van der Waals surface area contributed by atoms with Crippen LogP contribution in [-0.4, -0.2) is 23.0 Å². The highest BCUT2D eigenvalue weighted by Crippen LogP contribution is 2.34. The first-order valence-electron chi connectivity index (χ1n) is 3.47. The smallest absolute Gasteiger partial charge is 0.112 e. The molecule has 0 bridgehead atoms. The van der Waals surface area contributed by atoms with Gasteiger partial charge in [-0.05, 0) is 0 Å². The summed E-state index contributed by atoms with van der Waals surface area (Å²) in [5.41, 5.74) is 0. The fourth-order valence-electron chi connectivity index (χ4n) is 0.491. The Bertz CT molecular complexity index is 241. The molecule has 0 aromatic heterocycles. The molecule has 0 rings (SSSR count). The van der Waals surface area contributed by atoms with Gasteiger partial charge in [0.25, 0.3) is 0 Å². The number of quaternary nitrogens is 2. The molecular weight excluding hydrogens is 298 g/mol. The van der Waals surface area contributed by atoms with Gasteiger partial charge in [-0.15, -0.1) is 0 Å². The van der Waals surface area contributed by atoms with Crippen LogP contribution in [0.2, 0.25) is 0 Å². The highest BCUT2D eigenvalue weighted by atomic mass is 32.5. The molecule has 0 saturated carbocycles. The minimum atomic E-state index is -3.91. The van der Waals surface area contributed by atoms with Gasteiger partial charge in [-0.1, -0.05) is 30.5 Å². The van der Waals surface area contributed by atoms with Gasteiger partial charge in [-0.3, -0.25) is 0 Å². The second kappa shape index (κ2) is 8.98. The van der Waals surface area contributed by atoms with E-state index in [4.69, 9.17) is 9.79 Å². The first-order chi connectivity index (χ1) is 6.10. The van der Waals surface area contributed by atoms with E-state index in [9.17, 15) is 9.79 Å². The Morgan fingerprint density at radius 2 is 1.31 bits per heavy atom. The summed E-state index contributed by atoms with van der Waals surface area (Å²) in [5, 5.41) is 0. The van der Waals surface area contributed by atoms with Crippen molar-refractivity contribution >= 4 is 37.1 Å². The average molecular weight is 316 g/mol. The lowest BCUT2D eigenvalue weighted by atomic mass is 10.2. The summed E-state index contributed by atoms with van der Waals surface area (Å²) in [4.78, 5) is 38.2. The summed E-state index contributed by atoms with van der Waals surface area (Å²) in [5.74, 6) is -0.346. The quantitative estimate of drug-likeness (QED) is 0.476. The molecule has 2 atom stereocenters. The van der Waals surface area contributed by atoms with Gasteiger partial charge in [-0.25, -0.2) is 0 Å². The van der Waals surface area contributed by atoms with E-state index < -0.39 is 13.4 Å². The summed E-state index contributed by atoms with van der Waals surface area (Å²) in [7, 11) is 0. The van der Waals surface area contributed by atoms with Crippen LogP contribution in [-0.2, 0) is 32.7 Å². The van der Waals surface area contributed by atoms with Crippen LogP contribution < -0.4 is 22.1 Å². The van der Waals surface area contributed by atoms with E-state index in [1.165, 1.54) is 0 Å². The first-order valence-corrected chi connectivity index (χ1v) is 8.65. The lowest BCUT2D eigenvalue weighted by molar-refractivity contribution is -0.204. The van der Waals surface area contributed by atoms with Crippen molar-refractivity contribution in [2.45, 2.75) is 6.92 Å². The molecule has 0 fully saturated rings. The molecule has 0 aromatic rings. The normalized spacial score (nSPS) is 19.6. The molecule has 0 amide bonds. The topological polar surface area (TPSA) is 178 Å². The average Bonchev–Trinajstić information content (AvgIpc) is 1.94. The van der Waals surface area contributed by atoms with Crippen LogP contribution >= 0.6 is 13.4 Å². The van der Waals surface area contributed by atoms with Crippen molar-refractivity contribution in [3.63, 3.8) is 0 Å². The third-order valence-corrected chi connectivity index (χ3v) is 2.63. The first kappa shape index (κ1) is 22.2. The van der Waals surface area contributed by atoms with Gasteiger partial charge in [-0.2, -0.15) is 0 Å². The second-order valence-corrected chi connectivity index (χ2v) is 7.79. The largest absolute Gasteiger partial charge is 0.780 e. The minimum Gasteiger partial charge on any atom is -0.780 e. The predicted octanol–water partition coefficient (Wildman–Crippen LogP) is -0.438.